The van der Waals surface area contributed by atoms with Crippen molar-refractivity contribution < 1.29 is 0 Å². The van der Waals surface area contributed by atoms with Crippen molar-refractivity contribution in [3.8, 4) is 5.95 Å². The van der Waals surface area contributed by atoms with Crippen molar-refractivity contribution in [3.63, 3.8) is 0 Å². The molecule has 2 aromatic heterocycles. The largest absolute Gasteiger partial charge is 0.311 e. The Morgan fingerprint density at radius 3 is 2.88 bits per heavy atom. The SMILES string of the molecule is CN1CCC(Cn2c(-n3ncc4ccccc43)nc3c2CNC3)CC1. The van der Waals surface area contributed by atoms with Gasteiger partial charge in [0.1, 0.15) is 0 Å². The quantitative estimate of drug-likeness (QED) is 0.796. The number of nitrogens with zero attached hydrogens (tertiary/aromatic N) is 5. The first-order chi connectivity index (χ1) is 12.3. The zero-order valence-corrected chi connectivity index (χ0v) is 14.6. The van der Waals surface area contributed by atoms with Crippen molar-refractivity contribution in [2.24, 2.45) is 5.92 Å². The van der Waals surface area contributed by atoms with E-state index in [4.69, 9.17) is 4.98 Å². The van der Waals surface area contributed by atoms with Crippen LogP contribution in [0, 0.1) is 5.92 Å². The highest BCUT2D eigenvalue weighted by molar-refractivity contribution is 5.79. The van der Waals surface area contributed by atoms with E-state index in [-0.39, 0.29) is 0 Å². The number of aromatic nitrogens is 4. The molecule has 1 N–H and O–H groups in total. The molecule has 3 aromatic rings. The van der Waals surface area contributed by atoms with Gasteiger partial charge in [0.25, 0.3) is 0 Å². The molecule has 0 bridgehead atoms. The van der Waals surface area contributed by atoms with Crippen LogP contribution in [0.4, 0.5) is 0 Å². The number of hydrogen-bond acceptors (Lipinski definition) is 4. The summed E-state index contributed by atoms with van der Waals surface area (Å²) in [4.78, 5) is 7.38. The van der Waals surface area contributed by atoms with Crippen LogP contribution in [0.3, 0.4) is 0 Å². The average Bonchev–Trinajstić information content (AvgIpc) is 3.32. The van der Waals surface area contributed by atoms with Gasteiger partial charge in [0, 0.05) is 25.0 Å². The molecule has 0 unspecified atom stereocenters. The molecular formula is C19H24N6. The molecule has 0 amide bonds. The van der Waals surface area contributed by atoms with E-state index >= 15 is 0 Å². The summed E-state index contributed by atoms with van der Waals surface area (Å²) in [6.45, 7) is 5.21. The summed E-state index contributed by atoms with van der Waals surface area (Å²) < 4.78 is 4.44. The summed E-state index contributed by atoms with van der Waals surface area (Å²) in [6, 6.07) is 8.36. The molecule has 25 heavy (non-hydrogen) atoms. The second kappa shape index (κ2) is 5.97. The third kappa shape index (κ3) is 2.56. The molecule has 2 aliphatic rings. The maximum atomic E-state index is 4.95. The van der Waals surface area contributed by atoms with E-state index < -0.39 is 0 Å². The van der Waals surface area contributed by atoms with Gasteiger partial charge in [0.05, 0.1) is 23.1 Å². The van der Waals surface area contributed by atoms with Crippen LogP contribution in [0.2, 0.25) is 0 Å². The lowest BCUT2D eigenvalue weighted by Gasteiger charge is -2.29. The monoisotopic (exact) mass is 336 g/mol. The minimum atomic E-state index is 0.718. The Morgan fingerprint density at radius 2 is 2.00 bits per heavy atom. The summed E-state index contributed by atoms with van der Waals surface area (Å²) >= 11 is 0. The summed E-state index contributed by atoms with van der Waals surface area (Å²) in [5, 5.41) is 9.25. The maximum absolute atomic E-state index is 4.95. The van der Waals surface area contributed by atoms with Crippen molar-refractivity contribution in [2.75, 3.05) is 20.1 Å². The van der Waals surface area contributed by atoms with Gasteiger partial charge in [-0.1, -0.05) is 18.2 Å². The van der Waals surface area contributed by atoms with Gasteiger partial charge in [0.15, 0.2) is 0 Å². The number of likely N-dealkylation sites (tertiary alicyclic amines) is 1. The zero-order chi connectivity index (χ0) is 16.8. The van der Waals surface area contributed by atoms with Crippen LogP contribution < -0.4 is 5.32 Å². The van der Waals surface area contributed by atoms with Crippen LogP contribution in [0.25, 0.3) is 16.9 Å². The number of nitrogens with one attached hydrogen (secondary N) is 1. The first kappa shape index (κ1) is 15.1. The van der Waals surface area contributed by atoms with E-state index in [1.54, 1.807) is 0 Å². The summed E-state index contributed by atoms with van der Waals surface area (Å²) in [7, 11) is 2.22. The molecule has 1 aromatic carbocycles. The predicted molar refractivity (Wildman–Crippen MR) is 97.6 cm³/mol. The first-order valence-electron chi connectivity index (χ1n) is 9.20. The van der Waals surface area contributed by atoms with Crippen molar-refractivity contribution in [1.82, 2.24) is 29.5 Å². The third-order valence-electron chi connectivity index (χ3n) is 5.67. The van der Waals surface area contributed by atoms with E-state index in [0.717, 1.165) is 42.4 Å². The van der Waals surface area contributed by atoms with Crippen LogP contribution >= 0.6 is 0 Å². The highest BCUT2D eigenvalue weighted by Gasteiger charge is 2.26. The fraction of sp³-hybridized carbons (Fsp3) is 0.474. The molecule has 5 rings (SSSR count). The number of piperidine rings is 1. The minimum absolute atomic E-state index is 0.718. The Kier molecular flexibility index (Phi) is 3.60. The van der Waals surface area contributed by atoms with Gasteiger partial charge in [-0.25, -0.2) is 4.98 Å². The molecule has 0 saturated carbocycles. The number of hydrogen-bond donors (Lipinski definition) is 1. The fourth-order valence-electron chi connectivity index (χ4n) is 4.15. The van der Waals surface area contributed by atoms with E-state index in [1.807, 2.05) is 10.9 Å². The van der Waals surface area contributed by atoms with Crippen LogP contribution in [0.1, 0.15) is 24.2 Å². The lowest BCUT2D eigenvalue weighted by Crippen LogP contribution is -2.32. The lowest BCUT2D eigenvalue weighted by atomic mass is 9.97. The summed E-state index contributed by atoms with van der Waals surface area (Å²) in [5.74, 6) is 1.70. The normalized spacial score (nSPS) is 18.9. The summed E-state index contributed by atoms with van der Waals surface area (Å²) in [6.07, 6.45) is 4.46. The van der Waals surface area contributed by atoms with Crippen LogP contribution in [-0.2, 0) is 19.6 Å². The minimum Gasteiger partial charge on any atom is -0.311 e. The predicted octanol–water partition coefficient (Wildman–Crippen LogP) is 2.17. The molecule has 0 spiro atoms. The van der Waals surface area contributed by atoms with Crippen molar-refractivity contribution in [3.05, 3.63) is 41.9 Å². The maximum Gasteiger partial charge on any atom is 0.231 e. The van der Waals surface area contributed by atoms with Gasteiger partial charge < -0.3 is 14.8 Å². The Morgan fingerprint density at radius 1 is 1.16 bits per heavy atom. The Balaban J connectivity index is 1.56. The first-order valence-corrected chi connectivity index (χ1v) is 9.20. The third-order valence-corrected chi connectivity index (χ3v) is 5.67. The smallest absolute Gasteiger partial charge is 0.231 e. The molecule has 130 valence electrons. The molecule has 0 atom stereocenters. The second-order valence-electron chi connectivity index (χ2n) is 7.38. The van der Waals surface area contributed by atoms with E-state index in [1.165, 1.54) is 37.3 Å². The molecule has 2 aliphatic heterocycles. The number of rotatable bonds is 3. The van der Waals surface area contributed by atoms with Crippen molar-refractivity contribution in [1.29, 1.82) is 0 Å². The highest BCUT2D eigenvalue weighted by Crippen LogP contribution is 2.26. The molecule has 4 heterocycles. The number of benzene rings is 1. The van der Waals surface area contributed by atoms with Crippen molar-refractivity contribution in [2.45, 2.75) is 32.5 Å². The van der Waals surface area contributed by atoms with Gasteiger partial charge in [0.2, 0.25) is 5.95 Å². The van der Waals surface area contributed by atoms with Gasteiger partial charge in [-0.3, -0.25) is 0 Å². The number of fused-ring (bicyclic) bond motifs is 2. The van der Waals surface area contributed by atoms with E-state index in [9.17, 15) is 0 Å². The zero-order valence-electron chi connectivity index (χ0n) is 14.6. The second-order valence-corrected chi connectivity index (χ2v) is 7.38. The van der Waals surface area contributed by atoms with E-state index in [2.05, 4.69) is 51.2 Å². The Bertz CT molecular complexity index is 900. The van der Waals surface area contributed by atoms with Gasteiger partial charge in [-0.15, -0.1) is 0 Å². The molecular weight excluding hydrogens is 312 g/mol. The standard InChI is InChI=1S/C19H24N6/c1-23-8-6-14(7-9-23)13-24-18-12-20-11-16(18)22-19(24)25-17-5-3-2-4-15(17)10-21-25/h2-5,10,14,20H,6-9,11-13H2,1H3. The molecule has 1 fully saturated rings. The molecule has 6 heteroatoms. The molecule has 0 aliphatic carbocycles. The molecule has 0 radical (unpaired) electrons. The Labute approximate surface area is 147 Å². The van der Waals surface area contributed by atoms with Crippen LogP contribution in [-0.4, -0.2) is 44.4 Å². The van der Waals surface area contributed by atoms with Gasteiger partial charge >= 0.3 is 0 Å². The highest BCUT2D eigenvalue weighted by atomic mass is 15.4. The summed E-state index contributed by atoms with van der Waals surface area (Å²) in [5.41, 5.74) is 3.65. The number of para-hydroxylation sites is 1. The number of imidazole rings is 1. The average molecular weight is 336 g/mol. The van der Waals surface area contributed by atoms with Gasteiger partial charge in [-0.2, -0.15) is 9.78 Å². The molecule has 6 nitrogen and oxygen atoms in total. The fourth-order valence-corrected chi connectivity index (χ4v) is 4.15. The van der Waals surface area contributed by atoms with Crippen LogP contribution in [0.5, 0.6) is 0 Å². The van der Waals surface area contributed by atoms with Crippen molar-refractivity contribution >= 4 is 10.9 Å². The van der Waals surface area contributed by atoms with Gasteiger partial charge in [-0.05, 0) is 45.0 Å². The van der Waals surface area contributed by atoms with Crippen LogP contribution in [0.15, 0.2) is 30.5 Å². The Hall–Kier alpha value is -2.18. The molecule has 1 saturated heterocycles. The topological polar surface area (TPSA) is 50.9 Å². The van der Waals surface area contributed by atoms with E-state index in [0.29, 0.717) is 0 Å². The lowest BCUT2D eigenvalue weighted by molar-refractivity contribution is 0.204.